The van der Waals surface area contributed by atoms with E-state index in [4.69, 9.17) is 9.31 Å². The Morgan fingerprint density at radius 1 is 1.20 bits per heavy atom. The molecule has 1 fully saturated rings. The quantitative estimate of drug-likeness (QED) is 0.394. The third kappa shape index (κ3) is 5.06. The van der Waals surface area contributed by atoms with E-state index < -0.39 is 36.8 Å². The summed E-state index contributed by atoms with van der Waals surface area (Å²) in [7, 11) is -1.19. The maximum atomic E-state index is 15.0. The van der Waals surface area contributed by atoms with Crippen LogP contribution in [0.2, 0.25) is 0 Å². The first-order valence-corrected chi connectivity index (χ1v) is 8.78. The minimum atomic E-state index is -4.41. The lowest BCUT2D eigenvalue weighted by Gasteiger charge is -2.32. The van der Waals surface area contributed by atoms with E-state index in [9.17, 15) is 13.2 Å². The van der Waals surface area contributed by atoms with Crippen LogP contribution >= 0.6 is 11.3 Å². The highest BCUT2D eigenvalue weighted by Crippen LogP contribution is 2.40. The molecule has 25 heavy (non-hydrogen) atoms. The zero-order valence-electron chi connectivity index (χ0n) is 14.6. The first kappa shape index (κ1) is 20.4. The largest absolute Gasteiger partial charge is 0.525 e. The summed E-state index contributed by atoms with van der Waals surface area (Å²) in [6.45, 7) is 5.60. The maximum Gasteiger partial charge on any atom is 0.525 e. The van der Waals surface area contributed by atoms with Crippen LogP contribution in [0.5, 0.6) is 0 Å². The number of rotatable bonds is 6. The average Bonchev–Trinajstić information content (AvgIpc) is 3.04. The van der Waals surface area contributed by atoms with Crippen molar-refractivity contribution in [2.45, 2.75) is 51.5 Å². The van der Waals surface area contributed by atoms with Crippen LogP contribution in [-0.4, -0.2) is 37.7 Å². The molecule has 0 saturated carbocycles. The zero-order chi connectivity index (χ0) is 18.9. The minimum Gasteiger partial charge on any atom is -0.398 e. The molecule has 0 unspecified atom stereocenters. The lowest BCUT2D eigenvalue weighted by Crippen LogP contribution is -2.41. The molecule has 2 rings (SSSR count). The lowest BCUT2D eigenvalue weighted by atomic mass is 9.82. The molecule has 0 aromatic carbocycles. The highest BCUT2D eigenvalue weighted by atomic mass is 32.1. The molecule has 0 radical (unpaired) electrons. The Morgan fingerprint density at radius 3 is 2.28 bits per heavy atom. The van der Waals surface area contributed by atoms with Crippen molar-refractivity contribution in [3.63, 3.8) is 0 Å². The molecule has 1 aliphatic heterocycles. The second kappa shape index (κ2) is 7.38. The second-order valence-corrected chi connectivity index (χ2v) is 7.62. The van der Waals surface area contributed by atoms with Crippen molar-refractivity contribution in [1.29, 1.82) is 0 Å². The second-order valence-electron chi connectivity index (χ2n) is 6.84. The third-order valence-electron chi connectivity index (χ3n) is 4.38. The van der Waals surface area contributed by atoms with Crippen LogP contribution in [0.15, 0.2) is 22.6 Å². The van der Waals surface area contributed by atoms with Gasteiger partial charge in [-0.3, -0.25) is 0 Å². The van der Waals surface area contributed by atoms with Crippen LogP contribution in [0.1, 0.15) is 39.7 Å². The molecule has 0 aliphatic carbocycles. The molecule has 0 atom stereocenters. The van der Waals surface area contributed by atoms with E-state index in [1.807, 2.05) is 0 Å². The Labute approximate surface area is 149 Å². The molecule has 1 aliphatic rings. The molecule has 0 amide bonds. The van der Waals surface area contributed by atoms with Crippen LogP contribution in [0.4, 0.5) is 17.6 Å². The molecule has 1 saturated heterocycles. The fourth-order valence-electron chi connectivity index (χ4n) is 2.29. The van der Waals surface area contributed by atoms with Crippen molar-refractivity contribution in [2.75, 3.05) is 13.2 Å². The van der Waals surface area contributed by atoms with Gasteiger partial charge >= 0.3 is 13.3 Å². The number of hydrogen-bond donors (Lipinski definition) is 0. The van der Waals surface area contributed by atoms with Crippen LogP contribution in [0.25, 0.3) is 5.57 Å². The molecule has 140 valence electrons. The van der Waals surface area contributed by atoms with Gasteiger partial charge in [-0.25, -0.2) is 4.39 Å². The van der Waals surface area contributed by atoms with Crippen molar-refractivity contribution in [1.82, 2.24) is 0 Å². The normalized spacial score (nSPS) is 20.7. The number of hydrogen-bond acceptors (Lipinski definition) is 4. The summed E-state index contributed by atoms with van der Waals surface area (Å²) in [6.07, 6.45) is -4.42. The third-order valence-corrected chi connectivity index (χ3v) is 5.06. The van der Waals surface area contributed by atoms with Gasteiger partial charge in [-0.1, -0.05) is 0 Å². The van der Waals surface area contributed by atoms with Crippen molar-refractivity contribution >= 4 is 24.0 Å². The first-order chi connectivity index (χ1) is 11.4. The van der Waals surface area contributed by atoms with Crippen molar-refractivity contribution in [3.8, 4) is 0 Å². The van der Waals surface area contributed by atoms with Crippen LogP contribution in [0.3, 0.4) is 0 Å². The van der Waals surface area contributed by atoms with Gasteiger partial charge in [0, 0.05) is 0 Å². The lowest BCUT2D eigenvalue weighted by molar-refractivity contribution is -0.173. The fraction of sp³-hybridized carbons (Fsp3) is 0.625. The van der Waals surface area contributed by atoms with E-state index in [1.54, 1.807) is 44.5 Å². The smallest absolute Gasteiger partial charge is 0.398 e. The maximum absolute atomic E-state index is 15.0. The Kier molecular flexibility index (Phi) is 6.03. The minimum absolute atomic E-state index is 0.0112. The Balaban J connectivity index is 2.16. The SMILES string of the molecule is CC1(C)OB(C(F)=C(CCOCC(F)(F)F)c2ccsc2)OC1(C)C. The highest BCUT2D eigenvalue weighted by molar-refractivity contribution is 7.08. The molecule has 0 N–H and O–H groups in total. The molecular weight excluding hydrogens is 359 g/mol. The Hall–Kier alpha value is -0.895. The predicted molar refractivity (Wildman–Crippen MR) is 89.9 cm³/mol. The van der Waals surface area contributed by atoms with E-state index in [0.29, 0.717) is 5.56 Å². The van der Waals surface area contributed by atoms with Gasteiger partial charge in [0.2, 0.25) is 0 Å². The summed E-state index contributed by atoms with van der Waals surface area (Å²) in [5, 5.41) is 3.49. The molecule has 3 nitrogen and oxygen atoms in total. The Morgan fingerprint density at radius 2 is 1.80 bits per heavy atom. The van der Waals surface area contributed by atoms with E-state index >= 15 is 4.39 Å². The number of halogens is 4. The van der Waals surface area contributed by atoms with Gasteiger partial charge < -0.3 is 14.0 Å². The first-order valence-electron chi connectivity index (χ1n) is 7.84. The highest BCUT2D eigenvalue weighted by Gasteiger charge is 2.53. The molecule has 0 spiro atoms. The Bertz CT molecular complexity index is 595. The molecule has 9 heteroatoms. The summed E-state index contributed by atoms with van der Waals surface area (Å²) >= 11 is 1.37. The van der Waals surface area contributed by atoms with E-state index in [-0.39, 0.29) is 18.6 Å². The van der Waals surface area contributed by atoms with Crippen LogP contribution < -0.4 is 0 Å². The number of alkyl halides is 3. The van der Waals surface area contributed by atoms with Gasteiger partial charge in [-0.05, 0) is 62.1 Å². The average molecular weight is 380 g/mol. The van der Waals surface area contributed by atoms with E-state index in [1.165, 1.54) is 11.3 Å². The topological polar surface area (TPSA) is 27.7 Å². The summed E-state index contributed by atoms with van der Waals surface area (Å²) in [5.41, 5.74) is -1.22. The van der Waals surface area contributed by atoms with Crippen molar-refractivity contribution in [3.05, 3.63) is 28.1 Å². The fourth-order valence-corrected chi connectivity index (χ4v) is 2.96. The molecule has 1 aromatic rings. The van der Waals surface area contributed by atoms with Gasteiger partial charge in [0.15, 0.2) is 0 Å². The molecule has 0 bridgehead atoms. The van der Waals surface area contributed by atoms with Gasteiger partial charge in [0.1, 0.15) is 12.3 Å². The standard InChI is InChI=1S/C16H21BF4O3S/c1-14(2)15(3,4)24-17(23-14)13(18)12(11-6-8-25-9-11)5-7-22-10-16(19,20)21/h6,8-9H,5,7,10H2,1-4H3. The van der Waals surface area contributed by atoms with Gasteiger partial charge in [-0.15, -0.1) is 0 Å². The summed E-state index contributed by atoms with van der Waals surface area (Å²) in [4.78, 5) is 0. The zero-order valence-corrected chi connectivity index (χ0v) is 15.4. The van der Waals surface area contributed by atoms with E-state index in [0.717, 1.165) is 0 Å². The van der Waals surface area contributed by atoms with E-state index in [2.05, 4.69) is 4.74 Å². The van der Waals surface area contributed by atoms with Gasteiger partial charge in [0.25, 0.3) is 0 Å². The number of thiophene rings is 1. The van der Waals surface area contributed by atoms with Crippen LogP contribution in [0, 0.1) is 0 Å². The van der Waals surface area contributed by atoms with Gasteiger partial charge in [0.05, 0.1) is 17.8 Å². The summed E-state index contributed by atoms with van der Waals surface area (Å²) in [5.74, 6) is 0. The van der Waals surface area contributed by atoms with Crippen LogP contribution in [-0.2, 0) is 14.0 Å². The molecular formula is C16H21BF4O3S. The van der Waals surface area contributed by atoms with Gasteiger partial charge in [-0.2, -0.15) is 24.5 Å². The number of ether oxygens (including phenoxy) is 1. The van der Waals surface area contributed by atoms with Crippen molar-refractivity contribution < 1.29 is 31.6 Å². The monoisotopic (exact) mass is 380 g/mol. The molecule has 1 aromatic heterocycles. The predicted octanol–water partition coefficient (Wildman–Crippen LogP) is 5.03. The molecule has 2 heterocycles. The summed E-state index contributed by atoms with van der Waals surface area (Å²) < 4.78 is 67.6. The summed E-state index contributed by atoms with van der Waals surface area (Å²) in [6, 6.07) is 1.70. The van der Waals surface area contributed by atoms with Crippen molar-refractivity contribution in [2.24, 2.45) is 0 Å².